The summed E-state index contributed by atoms with van der Waals surface area (Å²) in [5.74, 6) is 0. The molecule has 0 fully saturated rings. The predicted octanol–water partition coefficient (Wildman–Crippen LogP) is 0.431. The molecule has 0 aromatic rings. The minimum atomic E-state index is 0.156. The molecule has 0 radical (unpaired) electrons. The monoisotopic (exact) mass is 138 g/mol. The molecule has 3 nitrogen and oxygen atoms in total. The number of rotatable bonds is 1. The number of carbonyl (C=O) groups excluding carboxylic acids is 1. The zero-order valence-corrected chi connectivity index (χ0v) is 6.11. The fraction of sp³-hybridized carbons (Fsp3) is 0.429. The molecule has 1 rings (SSSR count). The molecule has 0 aliphatic carbocycles. The lowest BCUT2D eigenvalue weighted by Gasteiger charge is -2.22. The summed E-state index contributed by atoms with van der Waals surface area (Å²) in [6.07, 6.45) is 4.33. The maximum Gasteiger partial charge on any atom is 0.153 e. The largest absolute Gasteiger partial charge is 0.359 e. The Bertz CT molecular complexity index is 196. The van der Waals surface area contributed by atoms with Gasteiger partial charge in [-0.3, -0.25) is 9.79 Å². The third-order valence-corrected chi connectivity index (χ3v) is 1.52. The second-order valence-electron chi connectivity index (χ2n) is 2.32. The molecule has 0 aromatic heterocycles. The molecule has 3 heteroatoms. The molecule has 1 heterocycles. The molecule has 0 spiro atoms. The molecule has 1 aliphatic rings. The van der Waals surface area contributed by atoms with E-state index in [2.05, 4.69) is 4.99 Å². The van der Waals surface area contributed by atoms with Crippen LogP contribution in [0.15, 0.2) is 16.8 Å². The van der Waals surface area contributed by atoms with Crippen LogP contribution in [0, 0.1) is 0 Å². The Kier molecular flexibility index (Phi) is 1.85. The average Bonchev–Trinajstić information content (AvgIpc) is 1.95. The molecule has 0 N–H and O–H groups in total. The van der Waals surface area contributed by atoms with Crippen LogP contribution in [0.4, 0.5) is 0 Å². The number of hydrogen-bond donors (Lipinski definition) is 0. The topological polar surface area (TPSA) is 32.7 Å². The highest BCUT2D eigenvalue weighted by atomic mass is 16.1. The standard InChI is InChI=1S/C7H10N2O/c1-6-8-3-7(5-10)4-9(6)2/h3-6H,1-2H3. The maximum absolute atomic E-state index is 10.2. The van der Waals surface area contributed by atoms with E-state index < -0.39 is 0 Å². The summed E-state index contributed by atoms with van der Waals surface area (Å²) >= 11 is 0. The molecular formula is C7H10N2O. The van der Waals surface area contributed by atoms with E-state index in [4.69, 9.17) is 0 Å². The van der Waals surface area contributed by atoms with E-state index in [1.165, 1.54) is 0 Å². The first-order valence-corrected chi connectivity index (χ1v) is 3.16. The highest BCUT2D eigenvalue weighted by molar-refractivity contribution is 6.02. The van der Waals surface area contributed by atoms with Gasteiger partial charge in [0.1, 0.15) is 6.17 Å². The van der Waals surface area contributed by atoms with Crippen molar-refractivity contribution in [2.24, 2.45) is 4.99 Å². The Morgan fingerprint density at radius 2 is 2.50 bits per heavy atom. The second kappa shape index (κ2) is 2.64. The highest BCUT2D eigenvalue weighted by Crippen LogP contribution is 2.04. The zero-order chi connectivity index (χ0) is 7.56. The number of nitrogens with zero attached hydrogens (tertiary/aromatic N) is 2. The lowest BCUT2D eigenvalue weighted by Crippen LogP contribution is -2.25. The van der Waals surface area contributed by atoms with Gasteiger partial charge in [0.2, 0.25) is 0 Å². The van der Waals surface area contributed by atoms with Crippen LogP contribution in [0.5, 0.6) is 0 Å². The summed E-state index contributed by atoms with van der Waals surface area (Å²) in [6, 6.07) is 0. The van der Waals surface area contributed by atoms with E-state index in [-0.39, 0.29) is 6.17 Å². The van der Waals surface area contributed by atoms with Crippen molar-refractivity contribution in [2.75, 3.05) is 7.05 Å². The second-order valence-corrected chi connectivity index (χ2v) is 2.32. The SMILES string of the molecule is CC1N=CC(C=O)=CN1C. The van der Waals surface area contributed by atoms with Crippen LogP contribution in [-0.2, 0) is 4.79 Å². The minimum absolute atomic E-state index is 0.156. The van der Waals surface area contributed by atoms with Crippen molar-refractivity contribution >= 4 is 12.5 Å². The van der Waals surface area contributed by atoms with Crippen LogP contribution in [-0.4, -0.2) is 30.6 Å². The Morgan fingerprint density at radius 1 is 1.80 bits per heavy atom. The van der Waals surface area contributed by atoms with Gasteiger partial charge in [0.25, 0.3) is 0 Å². The van der Waals surface area contributed by atoms with Gasteiger partial charge in [-0.05, 0) is 6.92 Å². The van der Waals surface area contributed by atoms with Crippen molar-refractivity contribution in [3.63, 3.8) is 0 Å². The molecule has 54 valence electrons. The van der Waals surface area contributed by atoms with Gasteiger partial charge in [-0.2, -0.15) is 0 Å². The summed E-state index contributed by atoms with van der Waals surface area (Å²) in [5.41, 5.74) is 0.626. The van der Waals surface area contributed by atoms with E-state index in [1.54, 1.807) is 12.4 Å². The van der Waals surface area contributed by atoms with Crippen LogP contribution in [0.3, 0.4) is 0 Å². The number of aldehydes is 1. The van der Waals surface area contributed by atoms with Gasteiger partial charge < -0.3 is 4.90 Å². The Labute approximate surface area is 60.1 Å². The van der Waals surface area contributed by atoms with Crippen molar-refractivity contribution in [1.29, 1.82) is 0 Å². The summed E-state index contributed by atoms with van der Waals surface area (Å²) < 4.78 is 0. The number of aliphatic imine (C=N–C) groups is 1. The molecule has 0 saturated heterocycles. The minimum Gasteiger partial charge on any atom is -0.359 e. The van der Waals surface area contributed by atoms with Crippen LogP contribution in [0.2, 0.25) is 0 Å². The number of carbonyl (C=O) groups is 1. The zero-order valence-electron chi connectivity index (χ0n) is 6.11. The van der Waals surface area contributed by atoms with Crippen LogP contribution in [0.25, 0.3) is 0 Å². The lowest BCUT2D eigenvalue weighted by atomic mass is 10.3. The van der Waals surface area contributed by atoms with Crippen molar-refractivity contribution in [2.45, 2.75) is 13.1 Å². The summed E-state index contributed by atoms with van der Waals surface area (Å²) in [7, 11) is 1.89. The van der Waals surface area contributed by atoms with E-state index in [0.717, 1.165) is 6.29 Å². The molecule has 1 atom stereocenters. The van der Waals surface area contributed by atoms with Gasteiger partial charge in [0.05, 0.1) is 0 Å². The van der Waals surface area contributed by atoms with Gasteiger partial charge in [0, 0.05) is 25.0 Å². The molecule has 0 amide bonds. The lowest BCUT2D eigenvalue weighted by molar-refractivity contribution is -0.104. The fourth-order valence-electron chi connectivity index (χ4n) is 0.736. The van der Waals surface area contributed by atoms with Crippen LogP contribution < -0.4 is 0 Å². The van der Waals surface area contributed by atoms with Gasteiger partial charge >= 0.3 is 0 Å². The molecule has 0 bridgehead atoms. The van der Waals surface area contributed by atoms with Crippen molar-refractivity contribution < 1.29 is 4.79 Å². The van der Waals surface area contributed by atoms with Gasteiger partial charge in [-0.25, -0.2) is 0 Å². The summed E-state index contributed by atoms with van der Waals surface area (Å²) in [4.78, 5) is 16.2. The molecule has 10 heavy (non-hydrogen) atoms. The molecular weight excluding hydrogens is 128 g/mol. The van der Waals surface area contributed by atoms with Gasteiger partial charge in [-0.15, -0.1) is 0 Å². The van der Waals surface area contributed by atoms with Crippen molar-refractivity contribution in [3.05, 3.63) is 11.8 Å². The van der Waals surface area contributed by atoms with E-state index in [9.17, 15) is 4.79 Å². The normalized spacial score (nSPS) is 24.4. The quantitative estimate of drug-likeness (QED) is 0.492. The van der Waals surface area contributed by atoms with Crippen LogP contribution in [0.1, 0.15) is 6.92 Å². The van der Waals surface area contributed by atoms with Gasteiger partial charge in [0.15, 0.2) is 6.29 Å². The first-order valence-electron chi connectivity index (χ1n) is 3.16. The third kappa shape index (κ3) is 1.23. The Hall–Kier alpha value is -1.12. The third-order valence-electron chi connectivity index (χ3n) is 1.52. The molecule has 1 aliphatic heterocycles. The Morgan fingerprint density at radius 3 is 3.00 bits per heavy atom. The van der Waals surface area contributed by atoms with Crippen molar-refractivity contribution in [1.82, 2.24) is 4.90 Å². The fourth-order valence-corrected chi connectivity index (χ4v) is 0.736. The molecule has 1 unspecified atom stereocenters. The first kappa shape index (κ1) is 6.99. The molecule has 0 aromatic carbocycles. The Balaban J connectivity index is 2.75. The first-order chi connectivity index (χ1) is 4.74. The van der Waals surface area contributed by atoms with E-state index in [0.29, 0.717) is 5.57 Å². The van der Waals surface area contributed by atoms with Crippen LogP contribution >= 0.6 is 0 Å². The summed E-state index contributed by atoms with van der Waals surface area (Å²) in [5, 5.41) is 0. The predicted molar refractivity (Wildman–Crippen MR) is 39.9 cm³/mol. The summed E-state index contributed by atoms with van der Waals surface area (Å²) in [6.45, 7) is 1.97. The highest BCUT2D eigenvalue weighted by Gasteiger charge is 2.07. The maximum atomic E-state index is 10.2. The smallest absolute Gasteiger partial charge is 0.153 e. The number of allylic oxidation sites excluding steroid dienone is 1. The van der Waals surface area contributed by atoms with Gasteiger partial charge in [-0.1, -0.05) is 0 Å². The van der Waals surface area contributed by atoms with E-state index >= 15 is 0 Å². The van der Waals surface area contributed by atoms with E-state index in [1.807, 2.05) is 18.9 Å². The molecule has 0 saturated carbocycles. The number of hydrogen-bond acceptors (Lipinski definition) is 3. The average molecular weight is 138 g/mol. The van der Waals surface area contributed by atoms with Crippen molar-refractivity contribution in [3.8, 4) is 0 Å².